The van der Waals surface area contributed by atoms with Crippen LogP contribution in [0.5, 0.6) is 6.01 Å². The molecule has 0 saturated heterocycles. The molecule has 0 unspecified atom stereocenters. The fraction of sp³-hybridized carbons (Fsp3) is 0.143. The monoisotopic (exact) mass is 347 g/mol. The minimum absolute atomic E-state index is 0.119. The van der Waals surface area contributed by atoms with Crippen LogP contribution in [0.1, 0.15) is 5.69 Å². The number of anilines is 1. The van der Waals surface area contributed by atoms with Gasteiger partial charge in [-0.25, -0.2) is 15.5 Å². The fourth-order valence-corrected chi connectivity index (χ4v) is 1.88. The molecular weight excluding hydrogens is 334 g/mol. The maximum Gasteiger partial charge on any atom is 0.316 e. The Morgan fingerprint density at radius 1 is 1.48 bits per heavy atom. The van der Waals surface area contributed by atoms with Gasteiger partial charge in [0.05, 0.1) is 0 Å². The molecule has 108 valence electrons. The number of aromatic nitrogens is 2. The maximum absolute atomic E-state index is 7.16. The van der Waals surface area contributed by atoms with Gasteiger partial charge in [-0.1, -0.05) is 22.0 Å². The molecule has 0 fully saturated rings. The lowest BCUT2D eigenvalue weighted by Gasteiger charge is -2.05. The summed E-state index contributed by atoms with van der Waals surface area (Å²) < 4.78 is 6.37. The number of halogens is 1. The second kappa shape index (κ2) is 7.49. The zero-order valence-electron chi connectivity index (χ0n) is 11.4. The van der Waals surface area contributed by atoms with E-state index in [-0.39, 0.29) is 12.6 Å². The Balaban J connectivity index is 1.96. The van der Waals surface area contributed by atoms with Crippen molar-refractivity contribution >= 4 is 21.6 Å². The first-order valence-corrected chi connectivity index (χ1v) is 6.98. The van der Waals surface area contributed by atoms with Crippen LogP contribution in [-0.4, -0.2) is 16.6 Å². The largest absolute Gasteiger partial charge is 0.457 e. The molecule has 21 heavy (non-hydrogen) atoms. The van der Waals surface area contributed by atoms with Crippen molar-refractivity contribution in [1.29, 1.82) is 5.53 Å². The first-order chi connectivity index (χ1) is 10.2. The van der Waals surface area contributed by atoms with E-state index in [4.69, 9.17) is 10.3 Å². The second-order valence-electron chi connectivity index (χ2n) is 4.17. The summed E-state index contributed by atoms with van der Waals surface area (Å²) in [6, 6.07) is 9.73. The third-order valence-corrected chi connectivity index (χ3v) is 2.99. The molecule has 0 aliphatic carbocycles. The topological polar surface area (TPSA) is 83.2 Å². The summed E-state index contributed by atoms with van der Waals surface area (Å²) in [6.07, 6.45) is 3.24. The molecule has 7 heteroatoms. The zero-order chi connectivity index (χ0) is 15.1. The van der Waals surface area contributed by atoms with E-state index < -0.39 is 0 Å². The van der Waals surface area contributed by atoms with Crippen LogP contribution in [-0.2, 0) is 0 Å². The predicted octanol–water partition coefficient (Wildman–Crippen LogP) is 3.91. The van der Waals surface area contributed by atoms with Crippen LogP contribution in [0.25, 0.3) is 0 Å². The van der Waals surface area contributed by atoms with Crippen molar-refractivity contribution in [2.75, 3.05) is 11.9 Å². The van der Waals surface area contributed by atoms with Crippen molar-refractivity contribution < 1.29 is 4.74 Å². The number of hydrogen-bond donors (Lipinski definition) is 2. The van der Waals surface area contributed by atoms with Crippen LogP contribution in [0.4, 0.5) is 5.69 Å². The van der Waals surface area contributed by atoms with E-state index in [1.165, 1.54) is 0 Å². The quantitative estimate of drug-likeness (QED) is 0.776. The SMILES string of the molecule is Cc1ccnc(OC/C(=C/Nc2cccc(Br)c2)N=N)n1. The number of rotatable bonds is 6. The van der Waals surface area contributed by atoms with E-state index in [1.807, 2.05) is 31.2 Å². The summed E-state index contributed by atoms with van der Waals surface area (Å²) in [7, 11) is 0. The van der Waals surface area contributed by atoms with Crippen LogP contribution in [0, 0.1) is 12.5 Å². The number of ether oxygens (including phenoxy) is 1. The molecule has 0 saturated carbocycles. The number of aryl methyl sites for hydroxylation is 1. The van der Waals surface area contributed by atoms with Gasteiger partial charge in [-0.05, 0) is 31.2 Å². The Morgan fingerprint density at radius 3 is 3.05 bits per heavy atom. The standard InChI is InChI=1S/C14H14BrN5O/c1-10-5-6-17-14(19-10)21-9-13(20-16)8-18-12-4-2-3-11(15)7-12/h2-8,16,18H,9H2,1H3/b13-8-,20-16?. The number of hydrogen-bond acceptors (Lipinski definition) is 6. The summed E-state index contributed by atoms with van der Waals surface area (Å²) in [6.45, 7) is 1.98. The van der Waals surface area contributed by atoms with E-state index in [1.54, 1.807) is 18.5 Å². The number of nitrogens with zero attached hydrogens (tertiary/aromatic N) is 3. The van der Waals surface area contributed by atoms with Gasteiger partial charge >= 0.3 is 6.01 Å². The van der Waals surface area contributed by atoms with Crippen molar-refractivity contribution in [2.24, 2.45) is 5.11 Å². The van der Waals surface area contributed by atoms with Crippen LogP contribution in [0.3, 0.4) is 0 Å². The molecule has 6 nitrogen and oxygen atoms in total. The number of benzene rings is 1. The lowest BCUT2D eigenvalue weighted by molar-refractivity contribution is 0.319. The van der Waals surface area contributed by atoms with Gasteiger partial charge in [0.15, 0.2) is 0 Å². The van der Waals surface area contributed by atoms with Gasteiger partial charge in [0.2, 0.25) is 0 Å². The molecule has 0 aliphatic heterocycles. The molecule has 0 radical (unpaired) electrons. The molecule has 1 aromatic heterocycles. The minimum atomic E-state index is 0.119. The van der Waals surface area contributed by atoms with Crippen molar-refractivity contribution in [3.8, 4) is 6.01 Å². The highest BCUT2D eigenvalue weighted by Gasteiger charge is 2.01. The molecule has 2 N–H and O–H groups in total. The summed E-state index contributed by atoms with van der Waals surface area (Å²) in [4.78, 5) is 8.10. The Hall–Kier alpha value is -2.28. The van der Waals surface area contributed by atoms with Crippen LogP contribution >= 0.6 is 15.9 Å². The van der Waals surface area contributed by atoms with E-state index in [0.717, 1.165) is 15.9 Å². The summed E-state index contributed by atoms with van der Waals surface area (Å²) >= 11 is 3.39. The fourth-order valence-electron chi connectivity index (χ4n) is 1.49. The van der Waals surface area contributed by atoms with Crippen LogP contribution in [0.15, 0.2) is 58.0 Å². The lowest BCUT2D eigenvalue weighted by atomic mass is 10.3. The van der Waals surface area contributed by atoms with Gasteiger partial charge in [-0.3, -0.25) is 0 Å². The molecule has 1 aromatic carbocycles. The Bertz CT molecular complexity index is 659. The van der Waals surface area contributed by atoms with Crippen molar-refractivity contribution in [3.05, 3.63) is 58.6 Å². The van der Waals surface area contributed by atoms with Gasteiger partial charge in [-0.2, -0.15) is 5.11 Å². The van der Waals surface area contributed by atoms with E-state index in [9.17, 15) is 0 Å². The van der Waals surface area contributed by atoms with Crippen molar-refractivity contribution in [3.63, 3.8) is 0 Å². The van der Waals surface area contributed by atoms with Crippen LogP contribution < -0.4 is 10.1 Å². The zero-order valence-corrected chi connectivity index (χ0v) is 13.0. The Kier molecular flexibility index (Phi) is 5.39. The molecule has 0 aliphatic rings. The van der Waals surface area contributed by atoms with E-state index >= 15 is 0 Å². The van der Waals surface area contributed by atoms with Crippen LogP contribution in [0.2, 0.25) is 0 Å². The van der Waals surface area contributed by atoms with E-state index in [0.29, 0.717) is 5.70 Å². The van der Waals surface area contributed by atoms with Gasteiger partial charge in [0.1, 0.15) is 12.3 Å². The van der Waals surface area contributed by atoms with Gasteiger partial charge < -0.3 is 10.1 Å². The van der Waals surface area contributed by atoms with Gasteiger partial charge in [0, 0.05) is 28.3 Å². The number of nitrogens with one attached hydrogen (secondary N) is 2. The normalized spacial score (nSPS) is 11.0. The first-order valence-electron chi connectivity index (χ1n) is 6.18. The highest BCUT2D eigenvalue weighted by atomic mass is 79.9. The summed E-state index contributed by atoms with van der Waals surface area (Å²) in [5.74, 6) is 0. The average molecular weight is 348 g/mol. The molecular formula is C14H14BrN5O. The second-order valence-corrected chi connectivity index (χ2v) is 5.09. The van der Waals surface area contributed by atoms with E-state index in [2.05, 4.69) is 36.3 Å². The molecule has 0 atom stereocenters. The average Bonchev–Trinajstić information content (AvgIpc) is 2.47. The summed E-state index contributed by atoms with van der Waals surface area (Å²) in [5, 5.41) is 6.48. The van der Waals surface area contributed by atoms with Crippen molar-refractivity contribution in [2.45, 2.75) is 6.92 Å². The lowest BCUT2D eigenvalue weighted by Crippen LogP contribution is -2.04. The molecule has 1 heterocycles. The third-order valence-electron chi connectivity index (χ3n) is 2.50. The smallest absolute Gasteiger partial charge is 0.316 e. The first kappa shape index (κ1) is 15.1. The predicted molar refractivity (Wildman–Crippen MR) is 83.3 cm³/mol. The molecule has 0 bridgehead atoms. The molecule has 0 spiro atoms. The molecule has 2 aromatic rings. The molecule has 0 amide bonds. The Morgan fingerprint density at radius 2 is 2.33 bits per heavy atom. The Labute approximate surface area is 130 Å². The molecule has 2 rings (SSSR count). The minimum Gasteiger partial charge on any atom is -0.457 e. The van der Waals surface area contributed by atoms with Gasteiger partial charge in [0.25, 0.3) is 0 Å². The highest BCUT2D eigenvalue weighted by Crippen LogP contribution is 2.16. The summed E-state index contributed by atoms with van der Waals surface area (Å²) in [5.41, 5.74) is 9.30. The third kappa shape index (κ3) is 4.96. The van der Waals surface area contributed by atoms with Gasteiger partial charge in [-0.15, -0.1) is 0 Å². The maximum atomic E-state index is 7.16. The highest BCUT2D eigenvalue weighted by molar-refractivity contribution is 9.10. The van der Waals surface area contributed by atoms with Crippen molar-refractivity contribution in [1.82, 2.24) is 9.97 Å².